The molecule has 1 rings (SSSR count). The summed E-state index contributed by atoms with van der Waals surface area (Å²) in [5.41, 5.74) is 2.27. The van der Waals surface area contributed by atoms with E-state index in [9.17, 15) is 0 Å². The van der Waals surface area contributed by atoms with E-state index in [0.717, 1.165) is 17.9 Å². The summed E-state index contributed by atoms with van der Waals surface area (Å²) in [5.74, 6) is 0.912. The van der Waals surface area contributed by atoms with Crippen LogP contribution in [0.25, 0.3) is 0 Å². The second kappa shape index (κ2) is 7.98. The van der Waals surface area contributed by atoms with Crippen LogP contribution >= 0.6 is 0 Å². The van der Waals surface area contributed by atoms with E-state index in [1.807, 2.05) is 0 Å². The molecule has 0 amide bonds. The highest BCUT2D eigenvalue weighted by Gasteiger charge is 2.07. The van der Waals surface area contributed by atoms with Gasteiger partial charge in [0.2, 0.25) is 0 Å². The first-order valence-corrected chi connectivity index (χ1v) is 6.66. The van der Waals surface area contributed by atoms with Gasteiger partial charge < -0.3 is 14.8 Å². The molecule has 0 spiro atoms. The highest BCUT2D eigenvalue weighted by molar-refractivity contribution is 5.58. The van der Waals surface area contributed by atoms with Crippen LogP contribution < -0.4 is 10.1 Å². The van der Waals surface area contributed by atoms with Crippen LogP contribution in [0.4, 0.5) is 5.69 Å². The number of ether oxygens (including phenoxy) is 2. The van der Waals surface area contributed by atoms with Crippen molar-refractivity contribution >= 4 is 5.69 Å². The summed E-state index contributed by atoms with van der Waals surface area (Å²) in [6.07, 6.45) is 2.34. The molecule has 0 aromatic heterocycles. The molecular formula is C15H25NO2. The van der Waals surface area contributed by atoms with E-state index in [1.54, 1.807) is 7.11 Å². The van der Waals surface area contributed by atoms with Crippen molar-refractivity contribution < 1.29 is 9.47 Å². The minimum absolute atomic E-state index is 0.461. The number of hydrogen-bond donors (Lipinski definition) is 1. The number of hydrogen-bond acceptors (Lipinski definition) is 3. The van der Waals surface area contributed by atoms with Crippen molar-refractivity contribution in [3.8, 4) is 5.75 Å². The second-order valence-electron chi connectivity index (χ2n) is 4.67. The van der Waals surface area contributed by atoms with Crippen LogP contribution in [0.15, 0.2) is 18.2 Å². The van der Waals surface area contributed by atoms with E-state index in [0.29, 0.717) is 19.3 Å². The Bertz CT molecular complexity index is 352. The minimum Gasteiger partial charge on any atom is -0.489 e. The van der Waals surface area contributed by atoms with Crippen LogP contribution in [-0.4, -0.2) is 26.4 Å². The van der Waals surface area contributed by atoms with Gasteiger partial charge in [0.05, 0.1) is 12.3 Å². The molecule has 3 nitrogen and oxygen atoms in total. The van der Waals surface area contributed by atoms with Gasteiger partial charge in [-0.1, -0.05) is 19.4 Å². The second-order valence-corrected chi connectivity index (χ2v) is 4.67. The molecule has 0 fully saturated rings. The Kier molecular flexibility index (Phi) is 6.58. The zero-order chi connectivity index (χ0) is 13.4. The molecule has 102 valence electrons. The molecule has 3 heteroatoms. The highest BCUT2D eigenvalue weighted by Crippen LogP contribution is 2.26. The smallest absolute Gasteiger partial charge is 0.142 e. The van der Waals surface area contributed by atoms with Crippen LogP contribution in [0, 0.1) is 6.92 Å². The van der Waals surface area contributed by atoms with Gasteiger partial charge in [0, 0.05) is 13.2 Å². The summed E-state index contributed by atoms with van der Waals surface area (Å²) in [7, 11) is 1.68. The number of benzene rings is 1. The lowest BCUT2D eigenvalue weighted by Crippen LogP contribution is -2.16. The fraction of sp³-hybridized carbons (Fsp3) is 0.600. The third-order valence-corrected chi connectivity index (χ3v) is 2.81. The van der Waals surface area contributed by atoms with Crippen LogP contribution in [0.2, 0.25) is 0 Å². The Labute approximate surface area is 110 Å². The fourth-order valence-electron chi connectivity index (χ4n) is 1.87. The lowest BCUT2D eigenvalue weighted by molar-refractivity contribution is 0.146. The number of rotatable bonds is 8. The zero-order valence-corrected chi connectivity index (χ0v) is 12.0. The molecule has 18 heavy (non-hydrogen) atoms. The van der Waals surface area contributed by atoms with Gasteiger partial charge in [-0.05, 0) is 38.0 Å². The molecule has 0 heterocycles. The molecule has 0 saturated heterocycles. The summed E-state index contributed by atoms with van der Waals surface area (Å²) in [4.78, 5) is 0. The third-order valence-electron chi connectivity index (χ3n) is 2.81. The largest absolute Gasteiger partial charge is 0.489 e. The average Bonchev–Trinajstić information content (AvgIpc) is 2.33. The molecule has 1 unspecified atom stereocenters. The number of anilines is 1. The Morgan fingerprint density at radius 2 is 2.06 bits per heavy atom. The molecule has 1 aromatic carbocycles. The molecule has 0 aliphatic heterocycles. The maximum absolute atomic E-state index is 5.75. The lowest BCUT2D eigenvalue weighted by atomic mass is 10.1. The van der Waals surface area contributed by atoms with Gasteiger partial charge in [-0.15, -0.1) is 0 Å². The number of nitrogens with one attached hydrogen (secondary N) is 1. The summed E-state index contributed by atoms with van der Waals surface area (Å²) < 4.78 is 10.8. The third kappa shape index (κ3) is 4.96. The van der Waals surface area contributed by atoms with Crippen LogP contribution in [-0.2, 0) is 4.74 Å². The number of methoxy groups -OCH3 is 1. The zero-order valence-electron chi connectivity index (χ0n) is 12.0. The molecule has 1 N–H and O–H groups in total. The minimum atomic E-state index is 0.461. The average molecular weight is 251 g/mol. The van der Waals surface area contributed by atoms with Crippen molar-refractivity contribution in [2.45, 2.75) is 39.7 Å². The first kappa shape index (κ1) is 14.8. The van der Waals surface area contributed by atoms with Crippen molar-refractivity contribution in [1.29, 1.82) is 0 Å². The highest BCUT2D eigenvalue weighted by atomic mass is 16.5. The molecule has 0 bridgehead atoms. The Hall–Kier alpha value is -1.22. The first-order chi connectivity index (χ1) is 8.67. The first-order valence-electron chi connectivity index (χ1n) is 6.66. The van der Waals surface area contributed by atoms with Crippen LogP contribution in [0.3, 0.4) is 0 Å². The van der Waals surface area contributed by atoms with Crippen molar-refractivity contribution in [3.05, 3.63) is 23.8 Å². The Morgan fingerprint density at radius 1 is 1.28 bits per heavy atom. The SMILES string of the molecule is CCCC(C)Nc1ccc(C)cc1OCCOC. The Morgan fingerprint density at radius 3 is 2.72 bits per heavy atom. The van der Waals surface area contributed by atoms with Crippen LogP contribution in [0.5, 0.6) is 5.75 Å². The van der Waals surface area contributed by atoms with Gasteiger partial charge in [-0.3, -0.25) is 0 Å². The number of aryl methyl sites for hydroxylation is 1. The summed E-state index contributed by atoms with van der Waals surface area (Å²) in [5, 5.41) is 3.50. The maximum atomic E-state index is 5.75. The van der Waals surface area contributed by atoms with Crippen molar-refractivity contribution in [2.75, 3.05) is 25.6 Å². The van der Waals surface area contributed by atoms with E-state index >= 15 is 0 Å². The monoisotopic (exact) mass is 251 g/mol. The topological polar surface area (TPSA) is 30.5 Å². The summed E-state index contributed by atoms with van der Waals surface area (Å²) in [6, 6.07) is 6.72. The van der Waals surface area contributed by atoms with E-state index in [2.05, 4.69) is 44.3 Å². The maximum Gasteiger partial charge on any atom is 0.142 e. The van der Waals surface area contributed by atoms with E-state index in [1.165, 1.54) is 12.0 Å². The molecule has 1 atom stereocenters. The molecule has 0 aliphatic rings. The molecule has 0 radical (unpaired) electrons. The van der Waals surface area contributed by atoms with Gasteiger partial charge in [-0.2, -0.15) is 0 Å². The lowest BCUT2D eigenvalue weighted by Gasteiger charge is -2.18. The Balaban J connectivity index is 2.69. The molecule has 1 aromatic rings. The van der Waals surface area contributed by atoms with Gasteiger partial charge in [0.25, 0.3) is 0 Å². The van der Waals surface area contributed by atoms with E-state index < -0.39 is 0 Å². The normalized spacial score (nSPS) is 12.2. The standard InChI is InChI=1S/C15H25NO2/c1-5-6-13(3)16-14-8-7-12(2)11-15(14)18-10-9-17-4/h7-8,11,13,16H,5-6,9-10H2,1-4H3. The van der Waals surface area contributed by atoms with E-state index in [-0.39, 0.29) is 0 Å². The van der Waals surface area contributed by atoms with Crippen molar-refractivity contribution in [3.63, 3.8) is 0 Å². The van der Waals surface area contributed by atoms with Crippen molar-refractivity contribution in [1.82, 2.24) is 0 Å². The quantitative estimate of drug-likeness (QED) is 0.716. The summed E-state index contributed by atoms with van der Waals surface area (Å²) in [6.45, 7) is 7.66. The van der Waals surface area contributed by atoms with E-state index in [4.69, 9.17) is 9.47 Å². The van der Waals surface area contributed by atoms with Gasteiger partial charge in [0.1, 0.15) is 12.4 Å². The molecule has 0 aliphatic carbocycles. The van der Waals surface area contributed by atoms with Crippen LogP contribution in [0.1, 0.15) is 32.3 Å². The van der Waals surface area contributed by atoms with Gasteiger partial charge in [-0.25, -0.2) is 0 Å². The van der Waals surface area contributed by atoms with Gasteiger partial charge >= 0.3 is 0 Å². The molecule has 0 saturated carbocycles. The predicted octanol–water partition coefficient (Wildman–Crippen LogP) is 3.62. The molecular weight excluding hydrogens is 226 g/mol. The predicted molar refractivity (Wildman–Crippen MR) is 76.5 cm³/mol. The fourth-order valence-corrected chi connectivity index (χ4v) is 1.87. The summed E-state index contributed by atoms with van der Waals surface area (Å²) >= 11 is 0. The van der Waals surface area contributed by atoms with Crippen molar-refractivity contribution in [2.24, 2.45) is 0 Å². The van der Waals surface area contributed by atoms with Gasteiger partial charge in [0.15, 0.2) is 0 Å².